The first-order chi connectivity index (χ1) is 7.81. The van der Waals surface area contributed by atoms with Crippen LogP contribution in [0.5, 0.6) is 5.88 Å². The smallest absolute Gasteiger partial charge is 0.218 e. The van der Waals surface area contributed by atoms with Gasteiger partial charge in [0.1, 0.15) is 12.4 Å². The fraction of sp³-hybridized carbons (Fsp3) is 0.636. The quantitative estimate of drug-likeness (QED) is 0.791. The van der Waals surface area contributed by atoms with E-state index >= 15 is 0 Å². The highest BCUT2D eigenvalue weighted by Crippen LogP contribution is 2.29. The summed E-state index contributed by atoms with van der Waals surface area (Å²) in [4.78, 5) is 8.53. The summed E-state index contributed by atoms with van der Waals surface area (Å²) in [6, 6.07) is 1.81. The second-order valence-electron chi connectivity index (χ2n) is 3.95. The zero-order chi connectivity index (χ0) is 11.4. The number of methoxy groups -OCH3 is 1. The normalized spacial score (nSPS) is 14.9. The van der Waals surface area contributed by atoms with Crippen LogP contribution in [-0.2, 0) is 11.3 Å². The first kappa shape index (κ1) is 11.1. The number of nitrogens with zero attached hydrogens (tertiary/aromatic N) is 2. The predicted octanol–water partition coefficient (Wildman–Crippen LogP) is 1.45. The van der Waals surface area contributed by atoms with Gasteiger partial charge < -0.3 is 14.8 Å². The van der Waals surface area contributed by atoms with Crippen LogP contribution in [0.25, 0.3) is 0 Å². The van der Waals surface area contributed by atoms with Crippen molar-refractivity contribution in [2.24, 2.45) is 5.92 Å². The van der Waals surface area contributed by atoms with Crippen molar-refractivity contribution in [3.63, 3.8) is 0 Å². The van der Waals surface area contributed by atoms with Gasteiger partial charge in [0, 0.05) is 20.2 Å². The van der Waals surface area contributed by atoms with Crippen molar-refractivity contribution in [2.45, 2.75) is 19.4 Å². The molecule has 1 aromatic rings. The highest BCUT2D eigenvalue weighted by Gasteiger charge is 2.22. The van der Waals surface area contributed by atoms with Crippen LogP contribution in [-0.4, -0.2) is 30.7 Å². The SMILES string of the molecule is CNc1cc(OCC2CC2)nc(COC)n1. The molecule has 5 heteroatoms. The molecule has 1 heterocycles. The van der Waals surface area contributed by atoms with Crippen molar-refractivity contribution in [1.29, 1.82) is 0 Å². The van der Waals surface area contributed by atoms with Gasteiger partial charge in [-0.2, -0.15) is 4.98 Å². The minimum Gasteiger partial charge on any atom is -0.477 e. The van der Waals surface area contributed by atoms with Crippen molar-refractivity contribution in [3.05, 3.63) is 11.9 Å². The third-order valence-corrected chi connectivity index (χ3v) is 2.44. The van der Waals surface area contributed by atoms with Gasteiger partial charge in [-0.05, 0) is 18.8 Å². The Labute approximate surface area is 95.2 Å². The molecule has 0 aromatic carbocycles. The summed E-state index contributed by atoms with van der Waals surface area (Å²) in [6.45, 7) is 1.15. The standard InChI is InChI=1S/C11H17N3O2/c1-12-9-5-11(16-6-8-3-4-8)14-10(13-9)7-15-2/h5,8H,3-4,6-7H2,1-2H3,(H,12,13,14). The van der Waals surface area contributed by atoms with Gasteiger partial charge in [0.05, 0.1) is 6.61 Å². The third-order valence-electron chi connectivity index (χ3n) is 2.44. The summed E-state index contributed by atoms with van der Waals surface area (Å²) < 4.78 is 10.6. The maximum Gasteiger partial charge on any atom is 0.218 e. The highest BCUT2D eigenvalue weighted by molar-refractivity contribution is 5.37. The van der Waals surface area contributed by atoms with E-state index in [1.54, 1.807) is 7.11 Å². The van der Waals surface area contributed by atoms with E-state index in [4.69, 9.17) is 9.47 Å². The van der Waals surface area contributed by atoms with Crippen molar-refractivity contribution in [3.8, 4) is 5.88 Å². The molecule has 1 aliphatic rings. The van der Waals surface area contributed by atoms with Crippen molar-refractivity contribution >= 4 is 5.82 Å². The van der Waals surface area contributed by atoms with Crippen LogP contribution in [0.15, 0.2) is 6.07 Å². The van der Waals surface area contributed by atoms with E-state index in [0.717, 1.165) is 18.3 Å². The van der Waals surface area contributed by atoms with E-state index < -0.39 is 0 Å². The fourth-order valence-electron chi connectivity index (χ4n) is 1.36. The Bertz CT molecular complexity index is 353. The molecular formula is C11H17N3O2. The van der Waals surface area contributed by atoms with Crippen LogP contribution < -0.4 is 10.1 Å². The number of hydrogen-bond donors (Lipinski definition) is 1. The Kier molecular flexibility index (Phi) is 3.56. The lowest BCUT2D eigenvalue weighted by atomic mass is 10.4. The zero-order valence-electron chi connectivity index (χ0n) is 9.69. The Morgan fingerprint density at radius 2 is 2.25 bits per heavy atom. The minimum absolute atomic E-state index is 0.398. The van der Waals surface area contributed by atoms with Crippen molar-refractivity contribution in [1.82, 2.24) is 9.97 Å². The molecule has 0 aliphatic heterocycles. The molecule has 88 valence electrons. The van der Waals surface area contributed by atoms with Gasteiger partial charge in [-0.15, -0.1) is 0 Å². The topological polar surface area (TPSA) is 56.3 Å². The molecule has 1 saturated carbocycles. The number of rotatable bonds is 6. The molecule has 0 unspecified atom stereocenters. The summed E-state index contributed by atoms with van der Waals surface area (Å²) in [5.41, 5.74) is 0. The molecule has 16 heavy (non-hydrogen) atoms. The molecule has 1 aromatic heterocycles. The summed E-state index contributed by atoms with van der Waals surface area (Å²) in [7, 11) is 3.45. The second kappa shape index (κ2) is 5.12. The zero-order valence-corrected chi connectivity index (χ0v) is 9.69. The number of nitrogens with one attached hydrogen (secondary N) is 1. The Hall–Kier alpha value is -1.36. The lowest BCUT2D eigenvalue weighted by molar-refractivity contribution is 0.176. The summed E-state index contributed by atoms with van der Waals surface area (Å²) >= 11 is 0. The number of aromatic nitrogens is 2. The van der Waals surface area contributed by atoms with Crippen LogP contribution in [0.4, 0.5) is 5.82 Å². The lowest BCUT2D eigenvalue weighted by Gasteiger charge is -2.08. The van der Waals surface area contributed by atoms with Crippen molar-refractivity contribution in [2.75, 3.05) is 26.1 Å². The van der Waals surface area contributed by atoms with Gasteiger partial charge in [-0.25, -0.2) is 4.98 Å². The molecule has 0 amide bonds. The molecule has 1 N–H and O–H groups in total. The maximum atomic E-state index is 5.61. The van der Waals surface area contributed by atoms with Crippen LogP contribution in [0, 0.1) is 5.92 Å². The van der Waals surface area contributed by atoms with Gasteiger partial charge in [0.15, 0.2) is 5.82 Å². The molecular weight excluding hydrogens is 206 g/mol. The average molecular weight is 223 g/mol. The fourth-order valence-corrected chi connectivity index (χ4v) is 1.36. The molecule has 0 atom stereocenters. The first-order valence-corrected chi connectivity index (χ1v) is 5.49. The molecule has 0 saturated heterocycles. The Balaban J connectivity index is 2.04. The van der Waals surface area contributed by atoms with E-state index in [1.165, 1.54) is 12.8 Å². The lowest BCUT2D eigenvalue weighted by Crippen LogP contribution is -2.06. The summed E-state index contributed by atoms with van der Waals surface area (Å²) in [5.74, 6) is 2.74. The molecule has 1 fully saturated rings. The number of ether oxygens (including phenoxy) is 2. The number of hydrogen-bond acceptors (Lipinski definition) is 5. The molecule has 1 aliphatic carbocycles. The first-order valence-electron chi connectivity index (χ1n) is 5.49. The minimum atomic E-state index is 0.398. The van der Waals surface area contributed by atoms with E-state index in [1.807, 2.05) is 13.1 Å². The molecule has 0 radical (unpaired) electrons. The van der Waals surface area contributed by atoms with Crippen LogP contribution in [0.1, 0.15) is 18.7 Å². The van der Waals surface area contributed by atoms with Crippen LogP contribution >= 0.6 is 0 Å². The largest absolute Gasteiger partial charge is 0.477 e. The molecule has 2 rings (SSSR count). The Morgan fingerprint density at radius 1 is 1.44 bits per heavy atom. The third kappa shape index (κ3) is 3.06. The van der Waals surface area contributed by atoms with E-state index in [9.17, 15) is 0 Å². The number of anilines is 1. The summed E-state index contributed by atoms with van der Waals surface area (Å²) in [6.07, 6.45) is 2.55. The average Bonchev–Trinajstić information content (AvgIpc) is 3.10. The van der Waals surface area contributed by atoms with Gasteiger partial charge in [-0.3, -0.25) is 0 Å². The predicted molar refractivity (Wildman–Crippen MR) is 60.5 cm³/mol. The van der Waals surface area contributed by atoms with Gasteiger partial charge in [-0.1, -0.05) is 0 Å². The van der Waals surface area contributed by atoms with Crippen molar-refractivity contribution < 1.29 is 9.47 Å². The van der Waals surface area contributed by atoms with E-state index in [-0.39, 0.29) is 0 Å². The van der Waals surface area contributed by atoms with Crippen LogP contribution in [0.3, 0.4) is 0 Å². The van der Waals surface area contributed by atoms with Gasteiger partial charge >= 0.3 is 0 Å². The molecule has 0 spiro atoms. The van der Waals surface area contributed by atoms with Gasteiger partial charge in [0.25, 0.3) is 0 Å². The monoisotopic (exact) mass is 223 g/mol. The summed E-state index contributed by atoms with van der Waals surface area (Å²) in [5, 5.41) is 2.98. The highest BCUT2D eigenvalue weighted by atomic mass is 16.5. The van der Waals surface area contributed by atoms with Gasteiger partial charge in [0.2, 0.25) is 5.88 Å². The van der Waals surface area contributed by atoms with Crippen LogP contribution in [0.2, 0.25) is 0 Å². The van der Waals surface area contributed by atoms with E-state index in [2.05, 4.69) is 15.3 Å². The second-order valence-corrected chi connectivity index (χ2v) is 3.95. The van der Waals surface area contributed by atoms with E-state index in [0.29, 0.717) is 18.3 Å². The Morgan fingerprint density at radius 3 is 2.88 bits per heavy atom. The maximum absolute atomic E-state index is 5.61. The molecule has 5 nitrogen and oxygen atoms in total. The molecule has 0 bridgehead atoms.